The summed E-state index contributed by atoms with van der Waals surface area (Å²) in [5.41, 5.74) is 4.66. The highest BCUT2D eigenvalue weighted by Gasteiger charge is 2.38. The van der Waals surface area contributed by atoms with Gasteiger partial charge in [-0.2, -0.15) is 0 Å². The van der Waals surface area contributed by atoms with Crippen LogP contribution in [0.2, 0.25) is 0 Å². The average Bonchev–Trinajstić information content (AvgIpc) is 3.19. The summed E-state index contributed by atoms with van der Waals surface area (Å²) in [7, 11) is 0. The summed E-state index contributed by atoms with van der Waals surface area (Å²) in [4.78, 5) is 26.2. The highest BCUT2D eigenvalue weighted by atomic mass is 16.4. The van der Waals surface area contributed by atoms with Gasteiger partial charge < -0.3 is 15.0 Å². The Labute approximate surface area is 182 Å². The number of piperidine rings is 1. The molecule has 162 valence electrons. The second-order valence-corrected chi connectivity index (χ2v) is 9.54. The van der Waals surface area contributed by atoms with Gasteiger partial charge in [0.25, 0.3) is 0 Å². The van der Waals surface area contributed by atoms with Crippen molar-refractivity contribution in [2.24, 2.45) is 11.3 Å². The summed E-state index contributed by atoms with van der Waals surface area (Å²) in [5, 5.41) is 9.05. The number of anilines is 1. The number of fused-ring (bicyclic) bond motifs is 1. The molecule has 2 aliphatic rings. The average molecular weight is 419 g/mol. The van der Waals surface area contributed by atoms with Crippen molar-refractivity contribution < 1.29 is 9.90 Å². The predicted molar refractivity (Wildman–Crippen MR) is 122 cm³/mol. The van der Waals surface area contributed by atoms with Crippen LogP contribution in [0.3, 0.4) is 0 Å². The second-order valence-electron chi connectivity index (χ2n) is 9.54. The highest BCUT2D eigenvalue weighted by Crippen LogP contribution is 2.47. The van der Waals surface area contributed by atoms with Crippen molar-refractivity contribution in [3.8, 4) is 11.4 Å². The number of carbonyl (C=O) groups is 1. The molecule has 6 heteroatoms. The molecule has 2 aromatic heterocycles. The van der Waals surface area contributed by atoms with Crippen LogP contribution < -0.4 is 4.90 Å². The van der Waals surface area contributed by atoms with E-state index in [4.69, 9.17) is 15.1 Å². The zero-order chi connectivity index (χ0) is 21.4. The Bertz CT molecular complexity index is 1070. The van der Waals surface area contributed by atoms with E-state index in [1.807, 2.05) is 12.3 Å². The molecule has 2 fully saturated rings. The lowest BCUT2D eigenvalue weighted by Crippen LogP contribution is -2.42. The fraction of sp³-hybridized carbons (Fsp3) is 0.480. The molecule has 0 atom stereocenters. The number of nitrogens with zero attached hydrogens (tertiary/aromatic N) is 3. The molecule has 1 aromatic carbocycles. The van der Waals surface area contributed by atoms with Crippen LogP contribution in [-0.2, 0) is 4.79 Å². The quantitative estimate of drug-likeness (QED) is 0.610. The van der Waals surface area contributed by atoms with Gasteiger partial charge in [-0.15, -0.1) is 0 Å². The minimum atomic E-state index is -0.650. The Kier molecular flexibility index (Phi) is 5.16. The molecule has 2 N–H and O–H groups in total. The lowest BCUT2D eigenvalue weighted by molar-refractivity contribution is -0.138. The number of carboxylic acids is 1. The zero-order valence-corrected chi connectivity index (χ0v) is 18.1. The van der Waals surface area contributed by atoms with Crippen LogP contribution >= 0.6 is 0 Å². The van der Waals surface area contributed by atoms with Gasteiger partial charge in [-0.1, -0.05) is 6.07 Å². The lowest BCUT2D eigenvalue weighted by Gasteiger charge is -2.46. The number of carboxylic acid groups (broad SMARTS) is 1. The molecular weight excluding hydrogens is 388 g/mol. The fourth-order valence-corrected chi connectivity index (χ4v) is 5.42. The number of pyridine rings is 1. The zero-order valence-electron chi connectivity index (χ0n) is 18.1. The molecule has 0 radical (unpaired) electrons. The Morgan fingerprint density at radius 2 is 1.94 bits per heavy atom. The van der Waals surface area contributed by atoms with Gasteiger partial charge in [-0.05, 0) is 86.6 Å². The van der Waals surface area contributed by atoms with Gasteiger partial charge >= 0.3 is 5.97 Å². The minimum Gasteiger partial charge on any atom is -0.481 e. The third-order valence-electron chi connectivity index (χ3n) is 7.44. The van der Waals surface area contributed by atoms with E-state index in [0.29, 0.717) is 17.8 Å². The number of H-pyrrole nitrogens is 1. The molecular formula is C25H30N4O2. The van der Waals surface area contributed by atoms with Crippen molar-refractivity contribution in [2.75, 3.05) is 18.0 Å². The Morgan fingerprint density at radius 1 is 1.16 bits per heavy atom. The van der Waals surface area contributed by atoms with E-state index in [-0.39, 0.29) is 0 Å². The molecule has 3 aromatic rings. The maximum atomic E-state index is 11.0. The number of nitrogens with one attached hydrogen (secondary N) is 1. The third-order valence-corrected chi connectivity index (χ3v) is 7.44. The van der Waals surface area contributed by atoms with Crippen molar-refractivity contribution in [3.63, 3.8) is 0 Å². The maximum Gasteiger partial charge on any atom is 0.303 e. The Balaban J connectivity index is 1.22. The maximum absolute atomic E-state index is 11.0. The SMILES string of the molecule is Cc1ccc2nc(-c3ccc(N4CCC5(CCC(CC(=O)O)CC5)CC4)nc3)[nH]c2c1. The van der Waals surface area contributed by atoms with Crippen LogP contribution in [0.5, 0.6) is 0 Å². The van der Waals surface area contributed by atoms with E-state index in [0.717, 1.165) is 54.2 Å². The number of aryl methyl sites for hydroxylation is 1. The summed E-state index contributed by atoms with van der Waals surface area (Å²) >= 11 is 0. The van der Waals surface area contributed by atoms with Crippen molar-refractivity contribution in [3.05, 3.63) is 42.1 Å². The van der Waals surface area contributed by atoms with Gasteiger partial charge in [0.1, 0.15) is 11.6 Å². The van der Waals surface area contributed by atoms with E-state index in [1.54, 1.807) is 0 Å². The first-order chi connectivity index (χ1) is 15.0. The molecule has 1 aliphatic heterocycles. The van der Waals surface area contributed by atoms with Crippen LogP contribution in [-0.4, -0.2) is 39.1 Å². The van der Waals surface area contributed by atoms with E-state index in [2.05, 4.69) is 41.1 Å². The van der Waals surface area contributed by atoms with Gasteiger partial charge in [0, 0.05) is 31.3 Å². The molecule has 1 spiro atoms. The van der Waals surface area contributed by atoms with Crippen LogP contribution in [0.4, 0.5) is 5.82 Å². The van der Waals surface area contributed by atoms with Gasteiger partial charge in [0.15, 0.2) is 0 Å². The van der Waals surface area contributed by atoms with Crippen molar-refractivity contribution in [2.45, 2.75) is 51.9 Å². The van der Waals surface area contributed by atoms with Crippen molar-refractivity contribution >= 4 is 22.8 Å². The largest absolute Gasteiger partial charge is 0.481 e. The Morgan fingerprint density at radius 3 is 2.61 bits per heavy atom. The van der Waals surface area contributed by atoms with Crippen LogP contribution in [0, 0.1) is 18.3 Å². The predicted octanol–water partition coefficient (Wildman–Crippen LogP) is 5.18. The van der Waals surface area contributed by atoms with Crippen LogP contribution in [0.25, 0.3) is 22.4 Å². The van der Waals surface area contributed by atoms with E-state index < -0.39 is 5.97 Å². The molecule has 1 saturated heterocycles. The third kappa shape index (κ3) is 4.16. The summed E-state index contributed by atoms with van der Waals surface area (Å²) in [6.07, 6.45) is 9.10. The van der Waals surface area contributed by atoms with Gasteiger partial charge in [-0.3, -0.25) is 4.79 Å². The standard InChI is InChI=1S/C25H30N4O2/c1-17-2-4-20-21(14-17)28-24(27-20)19-3-5-22(26-16-19)29-12-10-25(11-13-29)8-6-18(7-9-25)15-23(30)31/h2-5,14,16,18H,6-13,15H2,1H3,(H,27,28)(H,30,31). The van der Waals surface area contributed by atoms with E-state index in [9.17, 15) is 4.79 Å². The highest BCUT2D eigenvalue weighted by molar-refractivity contribution is 5.80. The molecule has 0 bridgehead atoms. The number of hydrogen-bond acceptors (Lipinski definition) is 4. The number of aromatic nitrogens is 3. The molecule has 0 amide bonds. The lowest BCUT2D eigenvalue weighted by atomic mass is 9.65. The first-order valence-corrected chi connectivity index (χ1v) is 11.4. The number of imidazole rings is 1. The van der Waals surface area contributed by atoms with E-state index >= 15 is 0 Å². The van der Waals surface area contributed by atoms with Gasteiger partial charge in [-0.25, -0.2) is 9.97 Å². The molecule has 5 rings (SSSR count). The molecule has 3 heterocycles. The Hall–Kier alpha value is -2.89. The monoisotopic (exact) mass is 418 g/mol. The summed E-state index contributed by atoms with van der Waals surface area (Å²) in [6, 6.07) is 10.5. The number of benzene rings is 1. The smallest absolute Gasteiger partial charge is 0.303 e. The van der Waals surface area contributed by atoms with Gasteiger partial charge in [0.2, 0.25) is 0 Å². The first-order valence-electron chi connectivity index (χ1n) is 11.4. The number of hydrogen-bond donors (Lipinski definition) is 2. The molecule has 31 heavy (non-hydrogen) atoms. The topological polar surface area (TPSA) is 82.1 Å². The molecule has 1 saturated carbocycles. The number of aliphatic carboxylic acids is 1. The van der Waals surface area contributed by atoms with Crippen molar-refractivity contribution in [1.82, 2.24) is 15.0 Å². The minimum absolute atomic E-state index is 0.337. The summed E-state index contributed by atoms with van der Waals surface area (Å²) in [6.45, 7) is 4.14. The normalized spacial score (nSPS) is 19.2. The summed E-state index contributed by atoms with van der Waals surface area (Å²) < 4.78 is 0. The number of aromatic amines is 1. The number of rotatable bonds is 4. The van der Waals surface area contributed by atoms with Gasteiger partial charge in [0.05, 0.1) is 11.0 Å². The molecule has 0 unspecified atom stereocenters. The first kappa shape index (κ1) is 20.0. The van der Waals surface area contributed by atoms with E-state index in [1.165, 1.54) is 31.2 Å². The van der Waals surface area contributed by atoms with Crippen LogP contribution in [0.15, 0.2) is 36.5 Å². The fourth-order valence-electron chi connectivity index (χ4n) is 5.42. The van der Waals surface area contributed by atoms with Crippen molar-refractivity contribution in [1.29, 1.82) is 0 Å². The van der Waals surface area contributed by atoms with Crippen LogP contribution in [0.1, 0.15) is 50.5 Å². The second kappa shape index (κ2) is 7.98. The molecule has 6 nitrogen and oxygen atoms in total. The molecule has 1 aliphatic carbocycles. The summed E-state index contributed by atoms with van der Waals surface area (Å²) in [5.74, 6) is 1.61.